The van der Waals surface area contributed by atoms with Crippen LogP contribution in [-0.2, 0) is 16.1 Å². The van der Waals surface area contributed by atoms with E-state index in [9.17, 15) is 9.59 Å². The third-order valence-electron chi connectivity index (χ3n) is 4.55. The van der Waals surface area contributed by atoms with Crippen molar-refractivity contribution in [2.75, 3.05) is 11.9 Å². The largest absolute Gasteiger partial charge is 0.338 e. The van der Waals surface area contributed by atoms with E-state index in [2.05, 4.69) is 10.3 Å². The number of hydrogen-bond acceptors (Lipinski definition) is 4. The van der Waals surface area contributed by atoms with Crippen LogP contribution in [0.3, 0.4) is 0 Å². The molecule has 1 unspecified atom stereocenters. The molecule has 0 spiro atoms. The van der Waals surface area contributed by atoms with Gasteiger partial charge in [-0.25, -0.2) is 4.98 Å². The minimum absolute atomic E-state index is 0.0387. The van der Waals surface area contributed by atoms with Crippen LogP contribution in [0.15, 0.2) is 35.7 Å². The van der Waals surface area contributed by atoms with Gasteiger partial charge in [0, 0.05) is 30.8 Å². The van der Waals surface area contributed by atoms with Crippen molar-refractivity contribution in [1.82, 2.24) is 9.88 Å². The van der Waals surface area contributed by atoms with Gasteiger partial charge >= 0.3 is 0 Å². The monoisotopic (exact) mass is 341 g/mol. The molecule has 1 aromatic heterocycles. The standard InChI is InChI=1S/C18H19N3O2S/c22-16-8-14(10-21(16)9-12-4-2-1-3-5-12)17(23)20-18-19-15(11-24-18)13-6-7-13/h1-5,11,13-14H,6-10H2,(H,19,20,23). The van der Waals surface area contributed by atoms with Gasteiger partial charge in [0.1, 0.15) is 0 Å². The van der Waals surface area contributed by atoms with Crippen LogP contribution in [0.5, 0.6) is 0 Å². The van der Waals surface area contributed by atoms with Gasteiger partial charge in [-0.3, -0.25) is 9.59 Å². The lowest BCUT2D eigenvalue weighted by Crippen LogP contribution is -2.28. The second-order valence-electron chi connectivity index (χ2n) is 6.50. The molecule has 1 saturated carbocycles. The molecular formula is C18H19N3O2S. The molecule has 0 radical (unpaired) electrons. The number of carbonyl (C=O) groups excluding carboxylic acids is 2. The molecule has 124 valence electrons. The number of thiazole rings is 1. The summed E-state index contributed by atoms with van der Waals surface area (Å²) >= 11 is 1.47. The minimum Gasteiger partial charge on any atom is -0.338 e. The number of anilines is 1. The Morgan fingerprint density at radius 2 is 2.08 bits per heavy atom. The summed E-state index contributed by atoms with van der Waals surface area (Å²) < 4.78 is 0. The third kappa shape index (κ3) is 3.33. The van der Waals surface area contributed by atoms with Gasteiger partial charge in [0.15, 0.2) is 5.13 Å². The van der Waals surface area contributed by atoms with E-state index in [1.54, 1.807) is 4.90 Å². The minimum atomic E-state index is -0.297. The van der Waals surface area contributed by atoms with Crippen LogP contribution < -0.4 is 5.32 Å². The first-order valence-corrected chi connectivity index (χ1v) is 9.15. The molecular weight excluding hydrogens is 322 g/mol. The molecule has 2 amide bonds. The molecule has 2 fully saturated rings. The number of benzene rings is 1. The van der Waals surface area contributed by atoms with Crippen molar-refractivity contribution in [3.63, 3.8) is 0 Å². The number of nitrogens with zero attached hydrogens (tertiary/aromatic N) is 2. The number of nitrogens with one attached hydrogen (secondary N) is 1. The molecule has 1 aliphatic carbocycles. The molecule has 1 saturated heterocycles. The van der Waals surface area contributed by atoms with Crippen LogP contribution in [0.2, 0.25) is 0 Å². The molecule has 1 aromatic carbocycles. The van der Waals surface area contributed by atoms with Crippen LogP contribution in [0.25, 0.3) is 0 Å². The van der Waals surface area contributed by atoms with Crippen molar-refractivity contribution in [2.45, 2.75) is 31.7 Å². The topological polar surface area (TPSA) is 62.3 Å². The fourth-order valence-corrected chi connectivity index (χ4v) is 3.82. The fourth-order valence-electron chi connectivity index (χ4n) is 3.02. The highest BCUT2D eigenvalue weighted by molar-refractivity contribution is 7.13. The highest BCUT2D eigenvalue weighted by Gasteiger charge is 2.34. The highest BCUT2D eigenvalue weighted by Crippen LogP contribution is 2.41. The highest BCUT2D eigenvalue weighted by atomic mass is 32.1. The first-order valence-electron chi connectivity index (χ1n) is 8.27. The zero-order valence-corrected chi connectivity index (χ0v) is 14.1. The molecule has 2 heterocycles. The first kappa shape index (κ1) is 15.3. The fraction of sp³-hybridized carbons (Fsp3) is 0.389. The van der Waals surface area contributed by atoms with E-state index >= 15 is 0 Å². The van der Waals surface area contributed by atoms with Crippen molar-refractivity contribution in [3.8, 4) is 0 Å². The Bertz CT molecular complexity index is 755. The average molecular weight is 341 g/mol. The van der Waals surface area contributed by atoms with Crippen molar-refractivity contribution in [1.29, 1.82) is 0 Å². The maximum atomic E-state index is 12.4. The number of aromatic nitrogens is 1. The van der Waals surface area contributed by atoms with Crippen LogP contribution in [0.4, 0.5) is 5.13 Å². The first-order chi connectivity index (χ1) is 11.7. The van der Waals surface area contributed by atoms with Gasteiger partial charge in [0.2, 0.25) is 11.8 Å². The molecule has 0 bridgehead atoms. The number of hydrogen-bond donors (Lipinski definition) is 1. The summed E-state index contributed by atoms with van der Waals surface area (Å²) in [6.07, 6.45) is 2.67. The van der Waals surface area contributed by atoms with E-state index in [4.69, 9.17) is 0 Å². The zero-order chi connectivity index (χ0) is 16.5. The van der Waals surface area contributed by atoms with Crippen LogP contribution in [0, 0.1) is 5.92 Å². The van der Waals surface area contributed by atoms with Gasteiger partial charge in [0.25, 0.3) is 0 Å². The second-order valence-corrected chi connectivity index (χ2v) is 7.36. The van der Waals surface area contributed by atoms with Gasteiger partial charge in [-0.15, -0.1) is 11.3 Å². The van der Waals surface area contributed by atoms with E-state index < -0.39 is 0 Å². The summed E-state index contributed by atoms with van der Waals surface area (Å²) in [6, 6.07) is 9.86. The Morgan fingerprint density at radius 1 is 1.29 bits per heavy atom. The smallest absolute Gasteiger partial charge is 0.231 e. The van der Waals surface area contributed by atoms with Crippen LogP contribution in [0.1, 0.15) is 36.4 Å². The molecule has 5 nitrogen and oxygen atoms in total. The normalized spacial score (nSPS) is 20.4. The van der Waals surface area contributed by atoms with Gasteiger partial charge in [-0.2, -0.15) is 0 Å². The van der Waals surface area contributed by atoms with E-state index in [1.807, 2.05) is 35.7 Å². The Balaban J connectivity index is 1.35. The summed E-state index contributed by atoms with van der Waals surface area (Å²) in [5.41, 5.74) is 2.17. The molecule has 24 heavy (non-hydrogen) atoms. The molecule has 2 aliphatic rings. The number of likely N-dealkylation sites (tertiary alicyclic amines) is 1. The second kappa shape index (κ2) is 6.36. The van der Waals surface area contributed by atoms with Gasteiger partial charge in [-0.1, -0.05) is 30.3 Å². The maximum Gasteiger partial charge on any atom is 0.231 e. The SMILES string of the molecule is O=C(Nc1nc(C2CC2)cs1)C1CC(=O)N(Cc2ccccc2)C1. The Hall–Kier alpha value is -2.21. The van der Waals surface area contributed by atoms with Gasteiger partial charge in [-0.05, 0) is 18.4 Å². The van der Waals surface area contributed by atoms with E-state index in [0.717, 1.165) is 11.3 Å². The van der Waals surface area contributed by atoms with Crippen molar-refractivity contribution >= 4 is 28.3 Å². The Morgan fingerprint density at radius 3 is 2.83 bits per heavy atom. The van der Waals surface area contributed by atoms with E-state index in [1.165, 1.54) is 24.2 Å². The Labute approximate surface area is 144 Å². The zero-order valence-electron chi connectivity index (χ0n) is 13.3. The van der Waals surface area contributed by atoms with Crippen molar-refractivity contribution < 1.29 is 9.59 Å². The van der Waals surface area contributed by atoms with Crippen molar-refractivity contribution in [2.24, 2.45) is 5.92 Å². The molecule has 6 heteroatoms. The van der Waals surface area contributed by atoms with Gasteiger partial charge < -0.3 is 10.2 Å². The summed E-state index contributed by atoms with van der Waals surface area (Å²) in [5, 5.41) is 5.55. The van der Waals surface area contributed by atoms with E-state index in [0.29, 0.717) is 24.1 Å². The molecule has 1 atom stereocenters. The summed E-state index contributed by atoms with van der Waals surface area (Å²) in [6.45, 7) is 1.03. The van der Waals surface area contributed by atoms with Crippen molar-refractivity contribution in [3.05, 3.63) is 47.0 Å². The number of amides is 2. The number of rotatable bonds is 5. The van der Waals surface area contributed by atoms with Crippen LogP contribution >= 0.6 is 11.3 Å². The Kier molecular flexibility index (Phi) is 4.06. The summed E-state index contributed by atoms with van der Waals surface area (Å²) in [5.74, 6) is 0.225. The summed E-state index contributed by atoms with van der Waals surface area (Å²) in [4.78, 5) is 30.8. The molecule has 1 N–H and O–H groups in total. The average Bonchev–Trinajstić information content (AvgIpc) is 3.23. The predicted octanol–water partition coefficient (Wildman–Crippen LogP) is 3.01. The third-order valence-corrected chi connectivity index (χ3v) is 5.33. The molecule has 2 aromatic rings. The van der Waals surface area contributed by atoms with Crippen LogP contribution in [-0.4, -0.2) is 28.2 Å². The summed E-state index contributed by atoms with van der Waals surface area (Å²) in [7, 11) is 0. The molecule has 4 rings (SSSR count). The lowest BCUT2D eigenvalue weighted by Gasteiger charge is -2.16. The van der Waals surface area contributed by atoms with E-state index in [-0.39, 0.29) is 24.2 Å². The number of carbonyl (C=O) groups is 2. The lowest BCUT2D eigenvalue weighted by molar-refractivity contribution is -0.128. The quantitative estimate of drug-likeness (QED) is 0.909. The van der Waals surface area contributed by atoms with Gasteiger partial charge in [0.05, 0.1) is 11.6 Å². The molecule has 1 aliphatic heterocycles. The maximum absolute atomic E-state index is 12.4. The predicted molar refractivity (Wildman–Crippen MR) is 92.7 cm³/mol. The lowest BCUT2D eigenvalue weighted by atomic mass is 10.1.